The smallest absolute Gasteiger partial charge is 0.0352 e. The van der Waals surface area contributed by atoms with Crippen LogP contribution in [-0.4, -0.2) is 23.0 Å². The number of rotatable bonds is 3. The quantitative estimate of drug-likeness (QED) is 0.752. The summed E-state index contributed by atoms with van der Waals surface area (Å²) in [6.45, 7) is 6.92. The summed E-state index contributed by atoms with van der Waals surface area (Å²) in [5.74, 6) is 0. The molecule has 1 aliphatic rings. The molecule has 15 heavy (non-hydrogen) atoms. The number of nitrogens with zero attached hydrogens (tertiary/aromatic N) is 2. The van der Waals surface area contributed by atoms with Crippen LogP contribution in [0.25, 0.3) is 0 Å². The Hall–Kier alpha value is -0.890. The van der Waals surface area contributed by atoms with Crippen LogP contribution in [-0.2, 0) is 0 Å². The van der Waals surface area contributed by atoms with Gasteiger partial charge in [-0.05, 0) is 56.5 Å². The molecule has 0 radical (unpaired) electrons. The van der Waals surface area contributed by atoms with Gasteiger partial charge in [-0.2, -0.15) is 0 Å². The van der Waals surface area contributed by atoms with E-state index in [1.54, 1.807) is 0 Å². The van der Waals surface area contributed by atoms with E-state index in [0.717, 1.165) is 0 Å². The van der Waals surface area contributed by atoms with E-state index < -0.39 is 0 Å². The minimum absolute atomic E-state index is 0.646. The molecule has 2 heterocycles. The molecule has 0 N–H and O–H groups in total. The molecular formula is C13H20N2. The van der Waals surface area contributed by atoms with Crippen molar-refractivity contribution in [3.05, 3.63) is 29.6 Å². The highest BCUT2D eigenvalue weighted by Crippen LogP contribution is 2.32. The van der Waals surface area contributed by atoms with Gasteiger partial charge in [0.1, 0.15) is 0 Å². The number of aromatic nitrogens is 1. The Bertz CT molecular complexity index is 322. The second-order valence-corrected chi connectivity index (χ2v) is 4.43. The zero-order chi connectivity index (χ0) is 10.7. The van der Waals surface area contributed by atoms with E-state index in [-0.39, 0.29) is 0 Å². The average Bonchev–Trinajstić information content (AvgIpc) is 2.67. The number of likely N-dealkylation sites (tertiary alicyclic amines) is 1. The zero-order valence-electron chi connectivity index (χ0n) is 9.74. The summed E-state index contributed by atoms with van der Waals surface area (Å²) < 4.78 is 0. The molecule has 2 rings (SSSR count). The van der Waals surface area contributed by atoms with Crippen LogP contribution in [0.4, 0.5) is 0 Å². The van der Waals surface area contributed by atoms with E-state index in [9.17, 15) is 0 Å². The van der Waals surface area contributed by atoms with Crippen LogP contribution >= 0.6 is 0 Å². The van der Waals surface area contributed by atoms with Gasteiger partial charge >= 0.3 is 0 Å². The van der Waals surface area contributed by atoms with Crippen LogP contribution in [0.5, 0.6) is 0 Å². The molecule has 1 atom stereocenters. The van der Waals surface area contributed by atoms with Crippen molar-refractivity contribution in [3.63, 3.8) is 0 Å². The van der Waals surface area contributed by atoms with Gasteiger partial charge < -0.3 is 0 Å². The van der Waals surface area contributed by atoms with Crippen molar-refractivity contribution in [2.24, 2.45) is 0 Å². The van der Waals surface area contributed by atoms with E-state index in [4.69, 9.17) is 0 Å². The van der Waals surface area contributed by atoms with E-state index in [1.807, 2.05) is 12.4 Å². The molecule has 0 saturated carbocycles. The molecule has 2 heteroatoms. The highest BCUT2D eigenvalue weighted by molar-refractivity contribution is 5.26. The fourth-order valence-electron chi connectivity index (χ4n) is 2.59. The first kappa shape index (κ1) is 10.6. The van der Waals surface area contributed by atoms with E-state index in [0.29, 0.717) is 6.04 Å². The van der Waals surface area contributed by atoms with E-state index in [1.165, 1.54) is 43.5 Å². The third kappa shape index (κ3) is 2.20. The van der Waals surface area contributed by atoms with Crippen LogP contribution in [0, 0.1) is 6.92 Å². The standard InChI is InChI=1S/C13H20N2/c1-3-8-15-9-4-5-13(15)12-6-7-14-10-11(12)2/h6-7,10,13H,3-5,8-9H2,1-2H3/t13-/m0/s1. The Morgan fingerprint density at radius 2 is 2.40 bits per heavy atom. The van der Waals surface area contributed by atoms with Gasteiger partial charge in [0.05, 0.1) is 0 Å². The number of aryl methyl sites for hydroxylation is 1. The van der Waals surface area contributed by atoms with Gasteiger partial charge in [0.25, 0.3) is 0 Å². The Labute approximate surface area is 92.3 Å². The van der Waals surface area contributed by atoms with Crippen molar-refractivity contribution in [1.82, 2.24) is 9.88 Å². The first-order valence-electron chi connectivity index (χ1n) is 5.97. The Morgan fingerprint density at radius 3 is 3.13 bits per heavy atom. The zero-order valence-corrected chi connectivity index (χ0v) is 9.74. The van der Waals surface area contributed by atoms with Crippen LogP contribution < -0.4 is 0 Å². The fraction of sp³-hybridized carbons (Fsp3) is 0.615. The molecule has 0 unspecified atom stereocenters. The van der Waals surface area contributed by atoms with E-state index >= 15 is 0 Å². The summed E-state index contributed by atoms with van der Waals surface area (Å²) in [4.78, 5) is 6.78. The summed E-state index contributed by atoms with van der Waals surface area (Å²) in [7, 11) is 0. The van der Waals surface area contributed by atoms with Crippen LogP contribution in [0.15, 0.2) is 18.5 Å². The topological polar surface area (TPSA) is 16.1 Å². The SMILES string of the molecule is CCCN1CCC[C@H]1c1ccncc1C. The van der Waals surface area contributed by atoms with Gasteiger partial charge in [-0.3, -0.25) is 9.88 Å². The maximum absolute atomic E-state index is 4.17. The first-order chi connectivity index (χ1) is 7.33. The summed E-state index contributed by atoms with van der Waals surface area (Å²) in [6, 6.07) is 2.83. The molecule has 0 aliphatic carbocycles. The second-order valence-electron chi connectivity index (χ2n) is 4.43. The average molecular weight is 204 g/mol. The van der Waals surface area contributed by atoms with Crippen molar-refractivity contribution < 1.29 is 0 Å². The van der Waals surface area contributed by atoms with Gasteiger partial charge in [0.2, 0.25) is 0 Å². The highest BCUT2D eigenvalue weighted by atomic mass is 15.2. The molecule has 1 aromatic rings. The normalized spacial score (nSPS) is 22.1. The maximum Gasteiger partial charge on any atom is 0.0352 e. The Morgan fingerprint density at radius 1 is 1.53 bits per heavy atom. The predicted octanol–water partition coefficient (Wildman–Crippen LogP) is 2.94. The summed E-state index contributed by atoms with van der Waals surface area (Å²) >= 11 is 0. The lowest BCUT2D eigenvalue weighted by Gasteiger charge is -2.25. The molecule has 82 valence electrons. The lowest BCUT2D eigenvalue weighted by atomic mass is 10.0. The maximum atomic E-state index is 4.17. The van der Waals surface area contributed by atoms with Crippen molar-refractivity contribution in [1.29, 1.82) is 0 Å². The van der Waals surface area contributed by atoms with Crippen molar-refractivity contribution in [2.45, 2.75) is 39.2 Å². The number of pyridine rings is 1. The molecule has 1 fully saturated rings. The number of hydrogen-bond acceptors (Lipinski definition) is 2. The van der Waals surface area contributed by atoms with Gasteiger partial charge in [-0.1, -0.05) is 6.92 Å². The van der Waals surface area contributed by atoms with Crippen LogP contribution in [0.1, 0.15) is 43.4 Å². The summed E-state index contributed by atoms with van der Waals surface area (Å²) in [5, 5.41) is 0. The molecule has 1 saturated heterocycles. The van der Waals surface area contributed by atoms with Gasteiger partial charge in [-0.25, -0.2) is 0 Å². The second kappa shape index (κ2) is 4.75. The Kier molecular flexibility index (Phi) is 3.37. The van der Waals surface area contributed by atoms with Crippen LogP contribution in [0.3, 0.4) is 0 Å². The fourth-order valence-corrected chi connectivity index (χ4v) is 2.59. The summed E-state index contributed by atoms with van der Waals surface area (Å²) in [6.07, 6.45) is 7.81. The third-order valence-corrected chi connectivity index (χ3v) is 3.30. The van der Waals surface area contributed by atoms with Gasteiger partial charge in [0.15, 0.2) is 0 Å². The molecule has 0 amide bonds. The van der Waals surface area contributed by atoms with E-state index in [2.05, 4.69) is 29.8 Å². The molecular weight excluding hydrogens is 184 g/mol. The van der Waals surface area contributed by atoms with Gasteiger partial charge in [0, 0.05) is 18.4 Å². The monoisotopic (exact) mass is 204 g/mol. The molecule has 1 aromatic heterocycles. The first-order valence-corrected chi connectivity index (χ1v) is 5.97. The molecule has 1 aliphatic heterocycles. The lowest BCUT2D eigenvalue weighted by molar-refractivity contribution is 0.257. The predicted molar refractivity (Wildman–Crippen MR) is 62.8 cm³/mol. The van der Waals surface area contributed by atoms with Crippen molar-refractivity contribution in [3.8, 4) is 0 Å². The Balaban J connectivity index is 2.19. The number of hydrogen-bond donors (Lipinski definition) is 0. The molecule has 2 nitrogen and oxygen atoms in total. The third-order valence-electron chi connectivity index (χ3n) is 3.30. The van der Waals surface area contributed by atoms with Crippen molar-refractivity contribution in [2.75, 3.05) is 13.1 Å². The minimum Gasteiger partial charge on any atom is -0.296 e. The molecule has 0 aromatic carbocycles. The lowest BCUT2D eigenvalue weighted by Crippen LogP contribution is -2.24. The largest absolute Gasteiger partial charge is 0.296 e. The van der Waals surface area contributed by atoms with Crippen LogP contribution in [0.2, 0.25) is 0 Å². The summed E-state index contributed by atoms with van der Waals surface area (Å²) in [5.41, 5.74) is 2.82. The minimum atomic E-state index is 0.646. The van der Waals surface area contributed by atoms with Gasteiger partial charge in [-0.15, -0.1) is 0 Å². The molecule has 0 spiro atoms. The van der Waals surface area contributed by atoms with Crippen molar-refractivity contribution >= 4 is 0 Å². The molecule has 0 bridgehead atoms. The highest BCUT2D eigenvalue weighted by Gasteiger charge is 2.25.